The summed E-state index contributed by atoms with van der Waals surface area (Å²) in [7, 11) is 0. The Morgan fingerprint density at radius 1 is 1.28 bits per heavy atom. The molecule has 0 heterocycles. The van der Waals surface area contributed by atoms with Gasteiger partial charge in [-0.25, -0.2) is 0 Å². The summed E-state index contributed by atoms with van der Waals surface area (Å²) in [5.41, 5.74) is 0. The van der Waals surface area contributed by atoms with Gasteiger partial charge in [-0.15, -0.1) is 0 Å². The van der Waals surface area contributed by atoms with E-state index in [1.165, 1.54) is 0 Å². The molecular weight excluding hydrogens is 232 g/mol. The molecule has 0 spiro atoms. The van der Waals surface area contributed by atoms with E-state index in [0.717, 1.165) is 19.3 Å². The summed E-state index contributed by atoms with van der Waals surface area (Å²) >= 11 is 0. The second-order valence-corrected chi connectivity index (χ2v) is 5.07. The summed E-state index contributed by atoms with van der Waals surface area (Å²) in [6.07, 6.45) is 4.01. The van der Waals surface area contributed by atoms with Crippen LogP contribution in [0.4, 0.5) is 0 Å². The zero-order chi connectivity index (χ0) is 13.5. The highest BCUT2D eigenvalue weighted by atomic mass is 16.4. The molecule has 1 amide bonds. The summed E-state index contributed by atoms with van der Waals surface area (Å²) in [6.45, 7) is 4.58. The maximum absolute atomic E-state index is 11.7. The first-order chi connectivity index (χ1) is 8.54. The highest BCUT2D eigenvalue weighted by Crippen LogP contribution is 2.24. The number of nitrogens with one attached hydrogen (secondary N) is 2. The number of hydrogen-bond acceptors (Lipinski definition) is 3. The number of hydrogen-bond donors (Lipinski definition) is 3. The van der Waals surface area contributed by atoms with Gasteiger partial charge in [0.1, 0.15) is 0 Å². The van der Waals surface area contributed by atoms with Crippen LogP contribution >= 0.6 is 0 Å². The van der Waals surface area contributed by atoms with Crippen molar-refractivity contribution in [2.45, 2.75) is 58.0 Å². The van der Waals surface area contributed by atoms with Crippen molar-refractivity contribution in [2.75, 3.05) is 6.54 Å². The first-order valence-electron chi connectivity index (χ1n) is 6.81. The molecule has 5 nitrogen and oxygen atoms in total. The molecule has 0 aromatic rings. The Kier molecular flexibility index (Phi) is 6.12. The van der Waals surface area contributed by atoms with Crippen molar-refractivity contribution < 1.29 is 14.7 Å². The predicted molar refractivity (Wildman–Crippen MR) is 69.3 cm³/mol. The molecule has 0 aromatic carbocycles. The Hall–Kier alpha value is -1.10. The third kappa shape index (κ3) is 4.64. The lowest BCUT2D eigenvalue weighted by atomic mass is 9.86. The minimum atomic E-state index is -0.692. The zero-order valence-corrected chi connectivity index (χ0v) is 11.2. The van der Waals surface area contributed by atoms with Gasteiger partial charge in [0.15, 0.2) is 0 Å². The fraction of sp³-hybridized carbons (Fsp3) is 0.846. The monoisotopic (exact) mass is 256 g/mol. The third-order valence-electron chi connectivity index (χ3n) is 3.50. The van der Waals surface area contributed by atoms with Crippen molar-refractivity contribution in [3.05, 3.63) is 0 Å². The van der Waals surface area contributed by atoms with E-state index in [1.807, 2.05) is 13.8 Å². The van der Waals surface area contributed by atoms with Crippen molar-refractivity contribution in [2.24, 2.45) is 5.92 Å². The standard InChI is InChI=1S/C13H24N2O3/c1-3-8-14-12(16)9(2)15-11-6-4-10(5-7-11)13(17)18/h9-11,15H,3-8H2,1-2H3,(H,14,16)(H,17,18). The van der Waals surface area contributed by atoms with Gasteiger partial charge in [0, 0.05) is 12.6 Å². The van der Waals surface area contributed by atoms with Crippen LogP contribution in [0.3, 0.4) is 0 Å². The fourth-order valence-electron chi connectivity index (χ4n) is 2.34. The number of carboxylic acid groups (broad SMARTS) is 1. The molecule has 1 aliphatic carbocycles. The normalized spacial score (nSPS) is 25.4. The Morgan fingerprint density at radius 2 is 1.89 bits per heavy atom. The van der Waals surface area contributed by atoms with Crippen molar-refractivity contribution in [1.29, 1.82) is 0 Å². The van der Waals surface area contributed by atoms with Gasteiger partial charge in [-0.1, -0.05) is 6.92 Å². The van der Waals surface area contributed by atoms with Crippen LogP contribution in [0.15, 0.2) is 0 Å². The van der Waals surface area contributed by atoms with Gasteiger partial charge in [0.2, 0.25) is 5.91 Å². The van der Waals surface area contributed by atoms with Crippen LogP contribution in [0.25, 0.3) is 0 Å². The Bertz CT molecular complexity index is 286. The van der Waals surface area contributed by atoms with Gasteiger partial charge in [-0.2, -0.15) is 0 Å². The molecule has 1 rings (SSSR count). The average molecular weight is 256 g/mol. The Labute approximate surface area is 108 Å². The number of carboxylic acids is 1. The molecule has 1 aliphatic rings. The largest absolute Gasteiger partial charge is 0.481 e. The Balaban J connectivity index is 2.27. The SMILES string of the molecule is CCCNC(=O)C(C)NC1CCC(C(=O)O)CC1. The molecule has 5 heteroatoms. The van der Waals surface area contributed by atoms with Crippen LogP contribution in [0.5, 0.6) is 0 Å². The summed E-state index contributed by atoms with van der Waals surface area (Å²) in [5.74, 6) is -0.869. The molecule has 1 unspecified atom stereocenters. The maximum Gasteiger partial charge on any atom is 0.306 e. The van der Waals surface area contributed by atoms with Crippen LogP contribution in [-0.4, -0.2) is 35.6 Å². The smallest absolute Gasteiger partial charge is 0.306 e. The van der Waals surface area contributed by atoms with Crippen molar-refractivity contribution in [3.63, 3.8) is 0 Å². The molecule has 1 saturated carbocycles. The number of rotatable bonds is 6. The number of amides is 1. The van der Waals surface area contributed by atoms with Gasteiger partial charge < -0.3 is 15.7 Å². The van der Waals surface area contributed by atoms with Crippen LogP contribution in [0, 0.1) is 5.92 Å². The van der Waals surface area contributed by atoms with Crippen molar-refractivity contribution in [3.8, 4) is 0 Å². The zero-order valence-electron chi connectivity index (χ0n) is 11.2. The highest BCUT2D eigenvalue weighted by molar-refractivity contribution is 5.81. The lowest BCUT2D eigenvalue weighted by Gasteiger charge is -2.29. The molecule has 0 aliphatic heterocycles. The molecular formula is C13H24N2O3. The predicted octanol–water partition coefficient (Wildman–Crippen LogP) is 1.13. The summed E-state index contributed by atoms with van der Waals surface area (Å²) < 4.78 is 0. The molecule has 0 aromatic heterocycles. The average Bonchev–Trinajstić information content (AvgIpc) is 2.36. The van der Waals surface area contributed by atoms with Crippen molar-refractivity contribution in [1.82, 2.24) is 10.6 Å². The quantitative estimate of drug-likeness (QED) is 0.666. The summed E-state index contributed by atoms with van der Waals surface area (Å²) in [6, 6.07) is 0.0610. The van der Waals surface area contributed by atoms with Crippen LogP contribution in [0.1, 0.15) is 46.0 Å². The minimum Gasteiger partial charge on any atom is -0.481 e. The third-order valence-corrected chi connectivity index (χ3v) is 3.50. The lowest BCUT2D eigenvalue weighted by Crippen LogP contribution is -2.48. The van der Waals surface area contributed by atoms with Crippen molar-refractivity contribution >= 4 is 11.9 Å². The van der Waals surface area contributed by atoms with Crippen LogP contribution < -0.4 is 10.6 Å². The molecule has 0 radical (unpaired) electrons. The van der Waals surface area contributed by atoms with E-state index in [4.69, 9.17) is 5.11 Å². The van der Waals surface area contributed by atoms with Crippen LogP contribution in [-0.2, 0) is 9.59 Å². The van der Waals surface area contributed by atoms with E-state index in [2.05, 4.69) is 10.6 Å². The van der Waals surface area contributed by atoms with Gasteiger partial charge >= 0.3 is 5.97 Å². The van der Waals surface area contributed by atoms with Gasteiger partial charge in [-0.05, 0) is 39.0 Å². The first kappa shape index (κ1) is 15.0. The molecule has 1 fully saturated rings. The molecule has 104 valence electrons. The van der Waals surface area contributed by atoms with E-state index in [9.17, 15) is 9.59 Å². The summed E-state index contributed by atoms with van der Waals surface area (Å²) in [4.78, 5) is 22.5. The van der Waals surface area contributed by atoms with Gasteiger partial charge in [0.05, 0.1) is 12.0 Å². The van der Waals surface area contributed by atoms with E-state index in [1.54, 1.807) is 0 Å². The van der Waals surface area contributed by atoms with Crippen LogP contribution in [0.2, 0.25) is 0 Å². The number of carbonyl (C=O) groups excluding carboxylic acids is 1. The fourth-order valence-corrected chi connectivity index (χ4v) is 2.34. The molecule has 0 bridgehead atoms. The van der Waals surface area contributed by atoms with Gasteiger partial charge in [-0.3, -0.25) is 9.59 Å². The number of aliphatic carboxylic acids is 1. The highest BCUT2D eigenvalue weighted by Gasteiger charge is 2.27. The Morgan fingerprint density at radius 3 is 2.39 bits per heavy atom. The van der Waals surface area contributed by atoms with E-state index < -0.39 is 5.97 Å². The number of carbonyl (C=O) groups is 2. The first-order valence-corrected chi connectivity index (χ1v) is 6.81. The second kappa shape index (κ2) is 7.36. The van der Waals surface area contributed by atoms with E-state index in [-0.39, 0.29) is 23.9 Å². The topological polar surface area (TPSA) is 78.4 Å². The molecule has 1 atom stereocenters. The summed E-state index contributed by atoms with van der Waals surface area (Å²) in [5, 5.41) is 15.0. The van der Waals surface area contributed by atoms with Gasteiger partial charge in [0.25, 0.3) is 0 Å². The molecule has 18 heavy (non-hydrogen) atoms. The van der Waals surface area contributed by atoms with E-state index in [0.29, 0.717) is 19.4 Å². The second-order valence-electron chi connectivity index (χ2n) is 5.07. The lowest BCUT2D eigenvalue weighted by molar-refractivity contribution is -0.143. The van der Waals surface area contributed by atoms with E-state index >= 15 is 0 Å². The maximum atomic E-state index is 11.7. The minimum absolute atomic E-state index is 0.0252. The molecule has 0 saturated heterocycles. The molecule has 3 N–H and O–H groups in total.